The highest BCUT2D eigenvalue weighted by molar-refractivity contribution is 6.32. The van der Waals surface area contributed by atoms with Gasteiger partial charge in [0.2, 0.25) is 0 Å². The van der Waals surface area contributed by atoms with E-state index in [4.69, 9.17) is 22.1 Å². The van der Waals surface area contributed by atoms with Crippen molar-refractivity contribution in [2.24, 2.45) is 5.73 Å². The van der Waals surface area contributed by atoms with Crippen LogP contribution in [0.4, 0.5) is 0 Å². The zero-order valence-corrected chi connectivity index (χ0v) is 12.1. The van der Waals surface area contributed by atoms with Crippen LogP contribution in [-0.2, 0) is 0 Å². The maximum absolute atomic E-state index is 6.17. The molecule has 1 saturated heterocycles. The highest BCUT2D eigenvalue weighted by Gasteiger charge is 2.17. The predicted octanol–water partition coefficient (Wildman–Crippen LogP) is 2.34. The maximum atomic E-state index is 6.17. The molecule has 5 heteroatoms. The first kappa shape index (κ1) is 14.6. The highest BCUT2D eigenvalue weighted by Crippen LogP contribution is 2.27. The van der Waals surface area contributed by atoms with Crippen LogP contribution in [0.5, 0.6) is 5.75 Å². The standard InChI is InChI=1S/C14H22ClN3O/c1-19-14-6-5-11(9-12(14)15)13(10-16)17-18-7-3-2-4-8-18/h5-6,9,13,17H,2-4,7-8,10,16H2,1H3. The Labute approximate surface area is 119 Å². The van der Waals surface area contributed by atoms with Gasteiger partial charge in [0, 0.05) is 19.6 Å². The summed E-state index contributed by atoms with van der Waals surface area (Å²) < 4.78 is 5.17. The third-order valence-corrected chi connectivity index (χ3v) is 3.80. The van der Waals surface area contributed by atoms with Gasteiger partial charge in [-0.3, -0.25) is 0 Å². The molecule has 1 fully saturated rings. The third-order valence-electron chi connectivity index (χ3n) is 3.51. The van der Waals surface area contributed by atoms with E-state index in [1.54, 1.807) is 7.11 Å². The lowest BCUT2D eigenvalue weighted by molar-refractivity contribution is 0.130. The minimum absolute atomic E-state index is 0.0986. The number of ether oxygens (including phenoxy) is 1. The summed E-state index contributed by atoms with van der Waals surface area (Å²) in [5, 5.41) is 2.89. The molecule has 0 spiro atoms. The Morgan fingerprint density at radius 1 is 1.37 bits per heavy atom. The molecule has 106 valence electrons. The summed E-state index contributed by atoms with van der Waals surface area (Å²) in [7, 11) is 1.62. The molecule has 0 aromatic heterocycles. The number of methoxy groups -OCH3 is 1. The molecule has 1 aromatic rings. The van der Waals surface area contributed by atoms with E-state index in [1.807, 2.05) is 18.2 Å². The molecule has 0 aliphatic carbocycles. The van der Waals surface area contributed by atoms with E-state index < -0.39 is 0 Å². The number of nitrogens with zero attached hydrogens (tertiary/aromatic N) is 1. The smallest absolute Gasteiger partial charge is 0.137 e. The number of hydrazine groups is 1. The summed E-state index contributed by atoms with van der Waals surface area (Å²) >= 11 is 6.17. The number of nitrogens with one attached hydrogen (secondary N) is 1. The van der Waals surface area contributed by atoms with Crippen molar-refractivity contribution in [3.05, 3.63) is 28.8 Å². The van der Waals surface area contributed by atoms with Gasteiger partial charge < -0.3 is 10.5 Å². The number of halogens is 1. The van der Waals surface area contributed by atoms with Crippen LogP contribution in [0.3, 0.4) is 0 Å². The lowest BCUT2D eigenvalue weighted by Gasteiger charge is -2.31. The Hall–Kier alpha value is -0.810. The molecule has 1 aliphatic heterocycles. The fourth-order valence-corrected chi connectivity index (χ4v) is 2.67. The van der Waals surface area contributed by atoms with Gasteiger partial charge in [0.25, 0.3) is 0 Å². The average Bonchev–Trinajstić information content (AvgIpc) is 2.46. The fourth-order valence-electron chi connectivity index (χ4n) is 2.41. The van der Waals surface area contributed by atoms with Gasteiger partial charge in [0.15, 0.2) is 0 Å². The molecule has 0 amide bonds. The van der Waals surface area contributed by atoms with Crippen molar-refractivity contribution in [2.75, 3.05) is 26.7 Å². The number of piperidine rings is 1. The van der Waals surface area contributed by atoms with Gasteiger partial charge in [-0.1, -0.05) is 24.1 Å². The van der Waals surface area contributed by atoms with Gasteiger partial charge in [-0.05, 0) is 30.5 Å². The number of nitrogens with two attached hydrogens (primary N) is 1. The SMILES string of the molecule is COc1ccc(C(CN)NN2CCCCC2)cc1Cl. The van der Waals surface area contributed by atoms with E-state index >= 15 is 0 Å². The maximum Gasteiger partial charge on any atom is 0.137 e. The normalized spacial score (nSPS) is 18.3. The largest absolute Gasteiger partial charge is 0.495 e. The van der Waals surface area contributed by atoms with Gasteiger partial charge in [-0.15, -0.1) is 0 Å². The van der Waals surface area contributed by atoms with Crippen molar-refractivity contribution in [1.29, 1.82) is 0 Å². The third kappa shape index (κ3) is 3.83. The van der Waals surface area contributed by atoms with Crippen LogP contribution in [0.15, 0.2) is 18.2 Å². The van der Waals surface area contributed by atoms with Gasteiger partial charge in [0.1, 0.15) is 5.75 Å². The molecule has 1 unspecified atom stereocenters. The molecule has 1 atom stereocenters. The Morgan fingerprint density at radius 2 is 2.11 bits per heavy atom. The Morgan fingerprint density at radius 3 is 2.68 bits per heavy atom. The van der Waals surface area contributed by atoms with Crippen LogP contribution in [0, 0.1) is 0 Å². The Kier molecular flexibility index (Phi) is 5.45. The topological polar surface area (TPSA) is 50.5 Å². The quantitative estimate of drug-likeness (QED) is 0.871. The van der Waals surface area contributed by atoms with Crippen LogP contribution < -0.4 is 15.9 Å². The Bertz CT molecular complexity index is 408. The van der Waals surface area contributed by atoms with E-state index in [0.29, 0.717) is 17.3 Å². The first-order chi connectivity index (χ1) is 9.24. The lowest BCUT2D eigenvalue weighted by atomic mass is 10.1. The van der Waals surface area contributed by atoms with Crippen LogP contribution in [0.25, 0.3) is 0 Å². The van der Waals surface area contributed by atoms with Gasteiger partial charge in [-0.2, -0.15) is 0 Å². The molecule has 0 saturated carbocycles. The molecule has 3 N–H and O–H groups in total. The van der Waals surface area contributed by atoms with Crippen molar-refractivity contribution in [1.82, 2.24) is 10.4 Å². The summed E-state index contributed by atoms with van der Waals surface area (Å²) in [5.74, 6) is 0.694. The summed E-state index contributed by atoms with van der Waals surface area (Å²) in [6.45, 7) is 2.71. The molecule has 0 radical (unpaired) electrons. The second-order valence-corrected chi connectivity index (χ2v) is 5.27. The van der Waals surface area contributed by atoms with E-state index in [9.17, 15) is 0 Å². The van der Waals surface area contributed by atoms with E-state index in [1.165, 1.54) is 19.3 Å². The lowest BCUT2D eigenvalue weighted by Crippen LogP contribution is -2.45. The zero-order chi connectivity index (χ0) is 13.7. The zero-order valence-electron chi connectivity index (χ0n) is 11.4. The molecule has 0 bridgehead atoms. The molecule has 1 heterocycles. The summed E-state index contributed by atoms with van der Waals surface area (Å²) in [6, 6.07) is 5.92. The second-order valence-electron chi connectivity index (χ2n) is 4.86. The van der Waals surface area contributed by atoms with Crippen molar-refractivity contribution < 1.29 is 4.74 Å². The molecule has 1 aliphatic rings. The number of hydrogen-bond acceptors (Lipinski definition) is 4. The summed E-state index contributed by atoms with van der Waals surface area (Å²) in [5.41, 5.74) is 10.5. The molecule has 1 aromatic carbocycles. The van der Waals surface area contributed by atoms with Crippen LogP contribution in [0.1, 0.15) is 30.9 Å². The molecule has 4 nitrogen and oxygen atoms in total. The van der Waals surface area contributed by atoms with E-state index in [0.717, 1.165) is 18.7 Å². The monoisotopic (exact) mass is 283 g/mol. The number of benzene rings is 1. The first-order valence-electron chi connectivity index (χ1n) is 6.79. The fraction of sp³-hybridized carbons (Fsp3) is 0.571. The summed E-state index contributed by atoms with van der Waals surface area (Å²) in [6.07, 6.45) is 3.81. The van der Waals surface area contributed by atoms with Crippen molar-refractivity contribution >= 4 is 11.6 Å². The van der Waals surface area contributed by atoms with Crippen molar-refractivity contribution in [2.45, 2.75) is 25.3 Å². The summed E-state index contributed by atoms with van der Waals surface area (Å²) in [4.78, 5) is 0. The minimum Gasteiger partial charge on any atom is -0.495 e. The second kappa shape index (κ2) is 7.10. The molecular weight excluding hydrogens is 262 g/mol. The minimum atomic E-state index is 0.0986. The highest BCUT2D eigenvalue weighted by atomic mass is 35.5. The average molecular weight is 284 g/mol. The first-order valence-corrected chi connectivity index (χ1v) is 7.17. The van der Waals surface area contributed by atoms with E-state index in [2.05, 4.69) is 10.4 Å². The predicted molar refractivity (Wildman–Crippen MR) is 78.4 cm³/mol. The van der Waals surface area contributed by atoms with Crippen LogP contribution in [0.2, 0.25) is 5.02 Å². The van der Waals surface area contributed by atoms with Crippen LogP contribution in [-0.4, -0.2) is 31.8 Å². The van der Waals surface area contributed by atoms with Gasteiger partial charge >= 0.3 is 0 Å². The van der Waals surface area contributed by atoms with E-state index in [-0.39, 0.29) is 6.04 Å². The Balaban J connectivity index is 2.05. The van der Waals surface area contributed by atoms with Crippen molar-refractivity contribution in [3.8, 4) is 5.75 Å². The van der Waals surface area contributed by atoms with Gasteiger partial charge in [-0.25, -0.2) is 10.4 Å². The van der Waals surface area contributed by atoms with Gasteiger partial charge in [0.05, 0.1) is 18.2 Å². The molecule has 19 heavy (non-hydrogen) atoms. The molecular formula is C14H22ClN3O. The van der Waals surface area contributed by atoms with Crippen LogP contribution >= 0.6 is 11.6 Å². The number of rotatable bonds is 5. The van der Waals surface area contributed by atoms with Crippen molar-refractivity contribution in [3.63, 3.8) is 0 Å². The molecule has 2 rings (SSSR count). The number of hydrogen-bond donors (Lipinski definition) is 2.